The molecular formula is C34H31ClN4O2. The van der Waals surface area contributed by atoms with Gasteiger partial charge in [0, 0.05) is 17.7 Å². The number of benzene rings is 4. The SMILES string of the molecule is CN1CCC(c2ccc(-c3ccc4c(c3)C(=O)N(C(c3nc5ccccc5[nH]3)c3cccc(Cl)c3O)C4)cc2)CC1. The van der Waals surface area contributed by atoms with Crippen LogP contribution in [-0.2, 0) is 6.54 Å². The first-order valence-electron chi connectivity index (χ1n) is 14.1. The highest BCUT2D eigenvalue weighted by Crippen LogP contribution is 2.42. The average molecular weight is 563 g/mol. The highest BCUT2D eigenvalue weighted by Gasteiger charge is 2.37. The van der Waals surface area contributed by atoms with E-state index in [0.29, 0.717) is 29.4 Å². The van der Waals surface area contributed by atoms with E-state index in [1.165, 1.54) is 18.4 Å². The molecule has 7 heteroatoms. The number of halogens is 1. The number of H-pyrrole nitrogens is 1. The Morgan fingerprint density at radius 2 is 1.71 bits per heavy atom. The van der Waals surface area contributed by atoms with E-state index in [2.05, 4.69) is 47.3 Å². The first-order valence-corrected chi connectivity index (χ1v) is 14.5. The molecule has 0 saturated carbocycles. The van der Waals surface area contributed by atoms with Crippen molar-refractivity contribution in [2.75, 3.05) is 20.1 Å². The normalized spacial score (nSPS) is 16.8. The van der Waals surface area contributed by atoms with Gasteiger partial charge in [0.2, 0.25) is 0 Å². The summed E-state index contributed by atoms with van der Waals surface area (Å²) in [7, 11) is 2.19. The minimum absolute atomic E-state index is 0.0474. The fourth-order valence-electron chi connectivity index (χ4n) is 6.32. The number of aromatic hydroxyl groups is 1. The van der Waals surface area contributed by atoms with Crippen LogP contribution < -0.4 is 0 Å². The van der Waals surface area contributed by atoms with E-state index >= 15 is 0 Å². The number of hydrogen-bond donors (Lipinski definition) is 2. The Labute approximate surface area is 244 Å². The number of aromatic nitrogens is 2. The number of nitrogens with one attached hydrogen (secondary N) is 1. The van der Waals surface area contributed by atoms with Gasteiger partial charge in [0.1, 0.15) is 17.6 Å². The second kappa shape index (κ2) is 10.4. The van der Waals surface area contributed by atoms with Crippen LogP contribution in [0.25, 0.3) is 22.2 Å². The van der Waals surface area contributed by atoms with Gasteiger partial charge in [-0.15, -0.1) is 0 Å². The average Bonchev–Trinajstić information content (AvgIpc) is 3.57. The fraction of sp³-hybridized carbons (Fsp3) is 0.235. The molecule has 41 heavy (non-hydrogen) atoms. The maximum Gasteiger partial charge on any atom is 0.255 e. The number of phenols is 1. The molecule has 6 nitrogen and oxygen atoms in total. The van der Waals surface area contributed by atoms with Crippen LogP contribution in [0.4, 0.5) is 0 Å². The topological polar surface area (TPSA) is 72.5 Å². The molecule has 1 saturated heterocycles. The molecule has 1 fully saturated rings. The van der Waals surface area contributed by atoms with Crippen molar-refractivity contribution < 1.29 is 9.90 Å². The van der Waals surface area contributed by atoms with Crippen LogP contribution in [0.5, 0.6) is 5.75 Å². The maximum atomic E-state index is 14.0. The summed E-state index contributed by atoms with van der Waals surface area (Å²) >= 11 is 6.33. The molecule has 0 spiro atoms. The molecule has 206 valence electrons. The summed E-state index contributed by atoms with van der Waals surface area (Å²) in [6.07, 6.45) is 2.38. The molecule has 1 atom stereocenters. The zero-order valence-corrected chi connectivity index (χ0v) is 23.6. The third-order valence-corrected chi connectivity index (χ3v) is 8.97. The molecule has 2 aliphatic rings. The van der Waals surface area contributed by atoms with Gasteiger partial charge in [-0.2, -0.15) is 0 Å². The lowest BCUT2D eigenvalue weighted by atomic mass is 9.88. The Balaban J connectivity index is 1.22. The second-order valence-corrected chi connectivity index (χ2v) is 11.6. The van der Waals surface area contributed by atoms with E-state index in [-0.39, 0.29) is 16.7 Å². The van der Waals surface area contributed by atoms with Crippen LogP contribution in [0, 0.1) is 0 Å². The van der Waals surface area contributed by atoms with Crippen LogP contribution in [0.2, 0.25) is 5.02 Å². The Hall–Kier alpha value is -4.13. The van der Waals surface area contributed by atoms with Crippen molar-refractivity contribution in [3.8, 4) is 16.9 Å². The van der Waals surface area contributed by atoms with Crippen LogP contribution in [0.3, 0.4) is 0 Å². The van der Waals surface area contributed by atoms with E-state index in [1.807, 2.05) is 36.4 Å². The quantitative estimate of drug-likeness (QED) is 0.239. The highest BCUT2D eigenvalue weighted by molar-refractivity contribution is 6.32. The first-order chi connectivity index (χ1) is 20.0. The lowest BCUT2D eigenvalue weighted by Crippen LogP contribution is -2.31. The summed E-state index contributed by atoms with van der Waals surface area (Å²) in [5, 5.41) is 11.2. The number of carbonyl (C=O) groups excluding carboxylic acids is 1. The zero-order chi connectivity index (χ0) is 28.1. The van der Waals surface area contributed by atoms with E-state index < -0.39 is 6.04 Å². The summed E-state index contributed by atoms with van der Waals surface area (Å²) in [4.78, 5) is 26.4. The third-order valence-electron chi connectivity index (χ3n) is 8.67. The van der Waals surface area contributed by atoms with E-state index in [1.54, 1.807) is 23.1 Å². The van der Waals surface area contributed by atoms with Gasteiger partial charge >= 0.3 is 0 Å². The van der Waals surface area contributed by atoms with Crippen molar-refractivity contribution >= 4 is 28.5 Å². The van der Waals surface area contributed by atoms with Gasteiger partial charge < -0.3 is 19.9 Å². The summed E-state index contributed by atoms with van der Waals surface area (Å²) < 4.78 is 0. The molecule has 7 rings (SSSR count). The van der Waals surface area contributed by atoms with Gasteiger partial charge in [-0.05, 0) is 85.4 Å². The van der Waals surface area contributed by atoms with Crippen LogP contribution in [-0.4, -0.2) is 50.9 Å². The third kappa shape index (κ3) is 4.67. The number of aromatic amines is 1. The van der Waals surface area contributed by atoms with E-state index in [4.69, 9.17) is 16.6 Å². The highest BCUT2D eigenvalue weighted by atomic mass is 35.5. The van der Waals surface area contributed by atoms with Crippen LogP contribution in [0.1, 0.15) is 57.7 Å². The van der Waals surface area contributed by atoms with Gasteiger partial charge in [0.25, 0.3) is 5.91 Å². The number of piperidine rings is 1. The first kappa shape index (κ1) is 25.8. The minimum atomic E-state index is -0.640. The van der Waals surface area contributed by atoms with Gasteiger partial charge in [-0.1, -0.05) is 72.3 Å². The number of likely N-dealkylation sites (tertiary alicyclic amines) is 1. The van der Waals surface area contributed by atoms with Gasteiger partial charge in [0.15, 0.2) is 0 Å². The molecular weight excluding hydrogens is 532 g/mol. The molecule has 0 bridgehead atoms. The number of carbonyl (C=O) groups is 1. The minimum Gasteiger partial charge on any atom is -0.506 e. The summed E-state index contributed by atoms with van der Waals surface area (Å²) in [6.45, 7) is 2.67. The van der Waals surface area contributed by atoms with Crippen molar-refractivity contribution in [3.63, 3.8) is 0 Å². The molecule has 1 unspecified atom stereocenters. The number of rotatable bonds is 5. The zero-order valence-electron chi connectivity index (χ0n) is 22.8. The number of hydrogen-bond acceptors (Lipinski definition) is 4. The number of amides is 1. The second-order valence-electron chi connectivity index (χ2n) is 11.2. The van der Waals surface area contributed by atoms with Crippen molar-refractivity contribution in [1.82, 2.24) is 19.8 Å². The van der Waals surface area contributed by atoms with Crippen molar-refractivity contribution in [2.45, 2.75) is 31.3 Å². The monoisotopic (exact) mass is 562 g/mol. The summed E-state index contributed by atoms with van der Waals surface area (Å²) in [6, 6.07) is 27.3. The lowest BCUT2D eigenvalue weighted by molar-refractivity contribution is 0.0724. The smallest absolute Gasteiger partial charge is 0.255 e. The molecule has 5 aromatic rings. The van der Waals surface area contributed by atoms with E-state index in [9.17, 15) is 9.90 Å². The largest absolute Gasteiger partial charge is 0.506 e. The van der Waals surface area contributed by atoms with Crippen molar-refractivity contribution in [2.24, 2.45) is 0 Å². The Kier molecular flexibility index (Phi) is 6.53. The van der Waals surface area contributed by atoms with Gasteiger partial charge in [0.05, 0.1) is 16.1 Å². The van der Waals surface area contributed by atoms with E-state index in [0.717, 1.165) is 40.8 Å². The number of fused-ring (bicyclic) bond motifs is 2. The number of para-hydroxylation sites is 3. The van der Waals surface area contributed by atoms with Crippen LogP contribution in [0.15, 0.2) is 84.9 Å². The van der Waals surface area contributed by atoms with Gasteiger partial charge in [-0.3, -0.25) is 4.79 Å². The molecule has 0 radical (unpaired) electrons. The number of nitrogens with zero attached hydrogens (tertiary/aromatic N) is 3. The molecule has 2 aliphatic heterocycles. The Morgan fingerprint density at radius 1 is 0.951 bits per heavy atom. The molecule has 2 N–H and O–H groups in total. The van der Waals surface area contributed by atoms with Gasteiger partial charge in [-0.25, -0.2) is 4.98 Å². The maximum absolute atomic E-state index is 14.0. The summed E-state index contributed by atoms with van der Waals surface area (Å²) in [5.41, 5.74) is 7.31. The molecule has 1 aromatic heterocycles. The molecule has 1 amide bonds. The molecule has 4 aromatic carbocycles. The molecule has 0 aliphatic carbocycles. The lowest BCUT2D eigenvalue weighted by Gasteiger charge is -2.29. The standard InChI is InChI=1S/C34H31ClN4O2/c1-38-17-15-23(16-18-38)21-9-11-22(12-10-21)24-13-14-25-20-39(34(41)27(25)19-24)31(26-5-4-6-28(35)32(26)40)33-36-29-7-2-3-8-30(29)37-33/h2-14,19,23,31,40H,15-18,20H2,1H3,(H,36,37). The predicted octanol–water partition coefficient (Wildman–Crippen LogP) is 7.14. The molecule has 3 heterocycles. The fourth-order valence-corrected chi connectivity index (χ4v) is 6.50. The Morgan fingerprint density at radius 3 is 2.49 bits per heavy atom. The van der Waals surface area contributed by atoms with Crippen LogP contribution >= 0.6 is 11.6 Å². The summed E-state index contributed by atoms with van der Waals surface area (Å²) in [5.74, 6) is 1.03. The number of phenolic OH excluding ortho intramolecular Hbond substituents is 1. The predicted molar refractivity (Wildman–Crippen MR) is 162 cm³/mol. The van der Waals surface area contributed by atoms with Crippen molar-refractivity contribution in [3.05, 3.63) is 118 Å². The Bertz CT molecular complexity index is 1720. The van der Waals surface area contributed by atoms with Crippen molar-refractivity contribution in [1.29, 1.82) is 0 Å². The number of imidazole rings is 1.